The third kappa shape index (κ3) is 3.48. The lowest BCUT2D eigenvalue weighted by Gasteiger charge is -2.16. The van der Waals surface area contributed by atoms with Crippen molar-refractivity contribution in [2.75, 3.05) is 0 Å². The molecule has 0 aromatic heterocycles. The molecule has 0 bridgehead atoms. The summed E-state index contributed by atoms with van der Waals surface area (Å²) < 4.78 is 0. The summed E-state index contributed by atoms with van der Waals surface area (Å²) in [5.41, 5.74) is -0.760. The van der Waals surface area contributed by atoms with Gasteiger partial charge in [0.05, 0.1) is 34.6 Å². The van der Waals surface area contributed by atoms with Gasteiger partial charge < -0.3 is 15.3 Å². The first-order valence-electron chi connectivity index (χ1n) is 5.13. The van der Waals surface area contributed by atoms with Crippen molar-refractivity contribution in [3.05, 3.63) is 39.4 Å². The molecule has 19 heavy (non-hydrogen) atoms. The Hall–Kier alpha value is -2.50. The van der Waals surface area contributed by atoms with Crippen LogP contribution in [0.3, 0.4) is 0 Å². The summed E-state index contributed by atoms with van der Waals surface area (Å²) in [6.07, 6.45) is -4.15. The van der Waals surface area contributed by atoms with E-state index in [-0.39, 0.29) is 11.1 Å². The topological polar surface area (TPSA) is 145 Å². The molecular formula is C11H10N2O6. The van der Waals surface area contributed by atoms with Crippen LogP contribution in [-0.4, -0.2) is 32.3 Å². The highest BCUT2D eigenvalue weighted by Gasteiger charge is 2.28. The number of aliphatic hydroxyl groups is 2. The van der Waals surface area contributed by atoms with Gasteiger partial charge in [-0.2, -0.15) is 5.26 Å². The number of carbonyl (C=O) groups is 1. The Balaban J connectivity index is 3.15. The summed E-state index contributed by atoms with van der Waals surface area (Å²) >= 11 is 0. The van der Waals surface area contributed by atoms with Gasteiger partial charge in [0.1, 0.15) is 6.10 Å². The van der Waals surface area contributed by atoms with Crippen LogP contribution in [-0.2, 0) is 4.79 Å². The van der Waals surface area contributed by atoms with Crippen LogP contribution in [0.2, 0.25) is 0 Å². The van der Waals surface area contributed by atoms with Crippen molar-refractivity contribution >= 4 is 11.7 Å². The average Bonchev–Trinajstić information content (AvgIpc) is 2.36. The maximum absolute atomic E-state index is 10.8. The van der Waals surface area contributed by atoms with Crippen LogP contribution >= 0.6 is 0 Å². The minimum absolute atomic E-state index is 0.0235. The number of carboxylic acid groups (broad SMARTS) is 1. The van der Waals surface area contributed by atoms with E-state index in [0.29, 0.717) is 0 Å². The standard InChI is InChI=1S/C11H10N2O6/c12-5-6-1-2-7(8(3-6)13(18)19)11(17)9(14)4-10(15)16/h1-3,9,11,14,17H,4H2,(H,15,16). The van der Waals surface area contributed by atoms with Crippen LogP contribution in [0.5, 0.6) is 0 Å². The smallest absolute Gasteiger partial charge is 0.306 e. The molecule has 2 unspecified atom stereocenters. The second-order valence-electron chi connectivity index (χ2n) is 3.75. The molecule has 0 saturated carbocycles. The molecule has 8 nitrogen and oxygen atoms in total. The Morgan fingerprint density at radius 2 is 2.11 bits per heavy atom. The molecule has 0 fully saturated rings. The van der Waals surface area contributed by atoms with Gasteiger partial charge >= 0.3 is 5.97 Å². The molecule has 100 valence electrons. The monoisotopic (exact) mass is 266 g/mol. The summed E-state index contributed by atoms with van der Waals surface area (Å²) in [6.45, 7) is 0. The van der Waals surface area contributed by atoms with Crippen molar-refractivity contribution in [1.29, 1.82) is 5.26 Å². The van der Waals surface area contributed by atoms with Gasteiger partial charge in [0.2, 0.25) is 0 Å². The lowest BCUT2D eigenvalue weighted by Crippen LogP contribution is -2.22. The minimum Gasteiger partial charge on any atom is -0.481 e. The van der Waals surface area contributed by atoms with Gasteiger partial charge in [-0.25, -0.2) is 0 Å². The van der Waals surface area contributed by atoms with Crippen LogP contribution in [0.1, 0.15) is 23.7 Å². The second-order valence-corrected chi connectivity index (χ2v) is 3.75. The van der Waals surface area contributed by atoms with E-state index in [4.69, 9.17) is 10.4 Å². The Labute approximate surface area is 107 Å². The van der Waals surface area contributed by atoms with E-state index in [0.717, 1.165) is 12.1 Å². The molecule has 0 spiro atoms. The maximum atomic E-state index is 10.8. The number of aliphatic hydroxyl groups excluding tert-OH is 2. The largest absolute Gasteiger partial charge is 0.481 e. The number of carboxylic acids is 1. The number of aliphatic carboxylic acids is 1. The zero-order valence-corrected chi connectivity index (χ0v) is 9.55. The van der Waals surface area contributed by atoms with E-state index in [1.54, 1.807) is 6.07 Å². The van der Waals surface area contributed by atoms with E-state index in [1.807, 2.05) is 0 Å². The predicted octanol–water partition coefficient (Wildman–Crippen LogP) is 0.335. The van der Waals surface area contributed by atoms with Gasteiger partial charge in [0.15, 0.2) is 0 Å². The average molecular weight is 266 g/mol. The highest BCUT2D eigenvalue weighted by atomic mass is 16.6. The molecule has 0 heterocycles. The van der Waals surface area contributed by atoms with E-state index in [9.17, 15) is 25.1 Å². The summed E-state index contributed by atoms with van der Waals surface area (Å²) in [5, 5.41) is 47.1. The van der Waals surface area contributed by atoms with Crippen LogP contribution < -0.4 is 0 Å². The third-order valence-electron chi connectivity index (χ3n) is 2.42. The van der Waals surface area contributed by atoms with Crippen molar-refractivity contribution in [3.63, 3.8) is 0 Å². The van der Waals surface area contributed by atoms with Gasteiger partial charge in [0.25, 0.3) is 5.69 Å². The fourth-order valence-electron chi connectivity index (χ4n) is 1.52. The lowest BCUT2D eigenvalue weighted by molar-refractivity contribution is -0.386. The van der Waals surface area contributed by atoms with E-state index >= 15 is 0 Å². The van der Waals surface area contributed by atoms with Gasteiger partial charge in [-0.1, -0.05) is 0 Å². The number of nitriles is 1. The predicted molar refractivity (Wildman–Crippen MR) is 61.0 cm³/mol. The Morgan fingerprint density at radius 3 is 2.58 bits per heavy atom. The number of nitrogens with zero attached hydrogens (tertiary/aromatic N) is 2. The zero-order chi connectivity index (χ0) is 14.6. The fourth-order valence-corrected chi connectivity index (χ4v) is 1.52. The number of hydrogen-bond acceptors (Lipinski definition) is 6. The molecule has 0 radical (unpaired) electrons. The molecule has 0 saturated heterocycles. The van der Waals surface area contributed by atoms with Crippen molar-refractivity contribution in [2.45, 2.75) is 18.6 Å². The molecule has 0 aliphatic carbocycles. The molecule has 2 atom stereocenters. The summed E-state index contributed by atoms with van der Waals surface area (Å²) in [6, 6.07) is 5.01. The summed E-state index contributed by atoms with van der Waals surface area (Å²) in [4.78, 5) is 20.4. The number of rotatable bonds is 5. The fraction of sp³-hybridized carbons (Fsp3) is 0.273. The van der Waals surface area contributed by atoms with Gasteiger partial charge in [-0.15, -0.1) is 0 Å². The summed E-state index contributed by atoms with van der Waals surface area (Å²) in [7, 11) is 0. The molecule has 3 N–H and O–H groups in total. The van der Waals surface area contributed by atoms with Crippen LogP contribution in [0, 0.1) is 21.4 Å². The first-order chi connectivity index (χ1) is 8.86. The van der Waals surface area contributed by atoms with E-state index in [1.165, 1.54) is 6.07 Å². The first-order valence-corrected chi connectivity index (χ1v) is 5.13. The van der Waals surface area contributed by atoms with Crippen LogP contribution in [0.25, 0.3) is 0 Å². The molecule has 1 rings (SSSR count). The Morgan fingerprint density at radius 1 is 1.47 bits per heavy atom. The number of nitro groups is 1. The molecule has 0 amide bonds. The van der Waals surface area contributed by atoms with Gasteiger partial charge in [0, 0.05) is 6.07 Å². The van der Waals surface area contributed by atoms with Gasteiger partial charge in [-0.05, 0) is 12.1 Å². The van der Waals surface area contributed by atoms with Gasteiger partial charge in [-0.3, -0.25) is 14.9 Å². The SMILES string of the molecule is N#Cc1ccc(C(O)C(O)CC(=O)O)c([N+](=O)[O-])c1. The normalized spacial score (nSPS) is 13.3. The maximum Gasteiger partial charge on any atom is 0.306 e. The highest BCUT2D eigenvalue weighted by molar-refractivity contribution is 5.67. The van der Waals surface area contributed by atoms with Crippen molar-refractivity contribution in [2.24, 2.45) is 0 Å². The van der Waals surface area contributed by atoms with E-state index < -0.39 is 35.2 Å². The minimum atomic E-state index is -1.72. The molecule has 1 aromatic carbocycles. The molecular weight excluding hydrogens is 256 g/mol. The number of hydrogen-bond donors (Lipinski definition) is 3. The van der Waals surface area contributed by atoms with Crippen LogP contribution in [0.4, 0.5) is 5.69 Å². The number of benzene rings is 1. The Bertz CT molecular complexity index is 551. The second kappa shape index (κ2) is 5.90. The highest BCUT2D eigenvalue weighted by Crippen LogP contribution is 2.29. The van der Waals surface area contributed by atoms with Crippen LogP contribution in [0.15, 0.2) is 18.2 Å². The van der Waals surface area contributed by atoms with E-state index in [2.05, 4.69) is 0 Å². The number of nitro benzene ring substituents is 1. The molecule has 8 heteroatoms. The van der Waals surface area contributed by atoms with Crippen molar-refractivity contribution < 1.29 is 25.0 Å². The molecule has 0 aliphatic rings. The third-order valence-corrected chi connectivity index (χ3v) is 2.42. The molecule has 1 aromatic rings. The quantitative estimate of drug-likeness (QED) is 0.514. The van der Waals surface area contributed by atoms with Crippen molar-refractivity contribution in [1.82, 2.24) is 0 Å². The Kier molecular flexibility index (Phi) is 4.52. The molecule has 0 aliphatic heterocycles. The zero-order valence-electron chi connectivity index (χ0n) is 9.55. The summed E-state index contributed by atoms with van der Waals surface area (Å²) in [5.74, 6) is -1.34. The van der Waals surface area contributed by atoms with Crippen molar-refractivity contribution in [3.8, 4) is 6.07 Å². The lowest BCUT2D eigenvalue weighted by atomic mass is 9.99. The first kappa shape index (κ1) is 14.6.